The Morgan fingerprint density at radius 2 is 2.06 bits per heavy atom. The van der Waals surface area contributed by atoms with Gasteiger partial charge in [0.25, 0.3) is 5.56 Å². The Kier molecular flexibility index (Phi) is 7.20. The van der Waals surface area contributed by atoms with Gasteiger partial charge < -0.3 is 14.1 Å². The van der Waals surface area contributed by atoms with Crippen LogP contribution in [0, 0.1) is 0 Å². The number of carbonyl (C=O) groups is 1. The fraction of sp³-hybridized carbons (Fsp3) is 0.292. The molecule has 1 atom stereocenters. The van der Waals surface area contributed by atoms with Crippen LogP contribution in [0.5, 0.6) is 0 Å². The fourth-order valence-electron chi connectivity index (χ4n) is 3.77. The Labute approximate surface area is 213 Å². The lowest BCUT2D eigenvalue weighted by Gasteiger charge is -2.24. The van der Waals surface area contributed by atoms with Crippen LogP contribution in [0.15, 0.2) is 65.2 Å². The van der Waals surface area contributed by atoms with Crippen molar-refractivity contribution in [1.82, 2.24) is 4.57 Å². The molecule has 0 bridgehead atoms. The van der Waals surface area contributed by atoms with Crippen LogP contribution < -0.4 is 19.8 Å². The van der Waals surface area contributed by atoms with E-state index in [1.165, 1.54) is 11.3 Å². The van der Waals surface area contributed by atoms with Gasteiger partial charge in [0, 0.05) is 31.1 Å². The summed E-state index contributed by atoms with van der Waals surface area (Å²) in [6, 6.07) is 9.04. The third kappa shape index (κ3) is 4.54. The second-order valence-electron chi connectivity index (χ2n) is 7.77. The van der Waals surface area contributed by atoms with Crippen molar-refractivity contribution in [2.45, 2.75) is 24.8 Å². The van der Waals surface area contributed by atoms with Crippen molar-refractivity contribution in [2.24, 2.45) is 4.99 Å². The Bertz CT molecular complexity index is 1450. The summed E-state index contributed by atoms with van der Waals surface area (Å²) in [7, 11) is 3.76. The van der Waals surface area contributed by atoms with Crippen molar-refractivity contribution in [3.8, 4) is 0 Å². The zero-order chi connectivity index (χ0) is 24.6. The molecule has 0 spiro atoms. The van der Waals surface area contributed by atoms with Gasteiger partial charge in [-0.15, -0.1) is 11.8 Å². The number of carbonyl (C=O) groups excluding carboxylic acids is 1. The number of furan rings is 1. The Morgan fingerprint density at radius 3 is 2.65 bits per heavy atom. The largest absolute Gasteiger partial charge is 0.463 e. The number of esters is 1. The predicted molar refractivity (Wildman–Crippen MR) is 139 cm³/mol. The van der Waals surface area contributed by atoms with Gasteiger partial charge in [-0.25, -0.2) is 9.79 Å². The second kappa shape index (κ2) is 9.97. The zero-order valence-corrected chi connectivity index (χ0v) is 22.6. The first-order valence-electron chi connectivity index (χ1n) is 10.6. The Morgan fingerprint density at radius 1 is 1.35 bits per heavy atom. The van der Waals surface area contributed by atoms with Crippen molar-refractivity contribution in [3.63, 3.8) is 0 Å². The van der Waals surface area contributed by atoms with E-state index in [2.05, 4.69) is 20.9 Å². The first-order chi connectivity index (χ1) is 16.2. The van der Waals surface area contributed by atoms with Gasteiger partial charge in [-0.1, -0.05) is 23.5 Å². The highest BCUT2D eigenvalue weighted by Crippen LogP contribution is 2.32. The second-order valence-corrected chi connectivity index (χ2v) is 10.5. The van der Waals surface area contributed by atoms with Crippen LogP contribution >= 0.6 is 39.0 Å². The summed E-state index contributed by atoms with van der Waals surface area (Å²) in [6.07, 6.45) is 3.71. The smallest absolute Gasteiger partial charge is 0.338 e. The van der Waals surface area contributed by atoms with E-state index in [0.29, 0.717) is 32.2 Å². The number of anilines is 1. The average Bonchev–Trinajstić information content (AvgIpc) is 3.32. The van der Waals surface area contributed by atoms with Gasteiger partial charge in [0.05, 0.1) is 32.9 Å². The normalized spacial score (nSPS) is 15.8. The van der Waals surface area contributed by atoms with Crippen molar-refractivity contribution < 1.29 is 13.9 Å². The molecule has 0 saturated carbocycles. The number of hydrogen-bond donors (Lipinski definition) is 0. The number of rotatable bonds is 6. The maximum atomic E-state index is 13.6. The van der Waals surface area contributed by atoms with E-state index in [1.807, 2.05) is 55.6 Å². The van der Waals surface area contributed by atoms with E-state index in [0.717, 1.165) is 14.9 Å². The number of aromatic nitrogens is 1. The molecule has 2 aromatic heterocycles. The minimum absolute atomic E-state index is 0.236. The van der Waals surface area contributed by atoms with E-state index >= 15 is 0 Å². The van der Waals surface area contributed by atoms with Crippen LogP contribution in [0.25, 0.3) is 6.08 Å². The minimum Gasteiger partial charge on any atom is -0.463 e. The number of ether oxygens (including phenoxy) is 1. The molecule has 34 heavy (non-hydrogen) atoms. The molecule has 0 amide bonds. The van der Waals surface area contributed by atoms with Gasteiger partial charge in [-0.05, 0) is 53.7 Å². The summed E-state index contributed by atoms with van der Waals surface area (Å²) >= 11 is 6.39. The molecule has 0 aliphatic carbocycles. The maximum Gasteiger partial charge on any atom is 0.338 e. The molecule has 178 valence electrons. The molecule has 4 rings (SSSR count). The standard InChI is InChI=1S/C24H24BrN3O4S2/c1-6-31-23(30)19-13(2)26-24-28(20(19)14-7-9-16(33-5)10-8-14)21(29)18(34-24)12-15-11-17(25)22(32-15)27(3)4/h7-12,20H,6H2,1-5H3/b18-12+/t20-/m1/s1. The van der Waals surface area contributed by atoms with E-state index in [1.54, 1.807) is 36.3 Å². The zero-order valence-electron chi connectivity index (χ0n) is 19.4. The first-order valence-corrected chi connectivity index (χ1v) is 13.4. The molecule has 1 aromatic carbocycles. The highest BCUT2D eigenvalue weighted by Gasteiger charge is 2.33. The summed E-state index contributed by atoms with van der Waals surface area (Å²) in [4.78, 5) is 34.6. The molecular formula is C24H24BrN3O4S2. The van der Waals surface area contributed by atoms with Gasteiger partial charge in [-0.2, -0.15) is 0 Å². The van der Waals surface area contributed by atoms with Crippen molar-refractivity contribution in [2.75, 3.05) is 31.9 Å². The van der Waals surface area contributed by atoms with Crippen LogP contribution in [0.2, 0.25) is 0 Å². The van der Waals surface area contributed by atoms with E-state index < -0.39 is 12.0 Å². The van der Waals surface area contributed by atoms with Crippen molar-refractivity contribution in [3.05, 3.63) is 77.1 Å². The molecule has 3 heterocycles. The molecule has 0 radical (unpaired) electrons. The number of benzene rings is 1. The number of thiazole rings is 1. The van der Waals surface area contributed by atoms with Crippen molar-refractivity contribution in [1.29, 1.82) is 0 Å². The lowest BCUT2D eigenvalue weighted by molar-refractivity contribution is -0.139. The van der Waals surface area contributed by atoms with Crippen LogP contribution in [0.4, 0.5) is 5.88 Å². The molecule has 1 aliphatic rings. The number of allylic oxidation sites excluding steroid dienone is 1. The van der Waals surface area contributed by atoms with Crippen LogP contribution in [0.3, 0.4) is 0 Å². The monoisotopic (exact) mass is 561 g/mol. The van der Waals surface area contributed by atoms with Crippen LogP contribution in [0.1, 0.15) is 31.2 Å². The van der Waals surface area contributed by atoms with Gasteiger partial charge in [0.2, 0.25) is 5.88 Å². The molecule has 0 fully saturated rings. The SMILES string of the molecule is CCOC(=O)C1=C(C)N=c2s/c(=C/c3cc(Br)c(N(C)C)o3)c(=O)n2[C@@H]1c1ccc(SC)cc1. The fourth-order valence-corrected chi connectivity index (χ4v) is 5.87. The Hall–Kier alpha value is -2.56. The lowest BCUT2D eigenvalue weighted by atomic mass is 9.96. The lowest BCUT2D eigenvalue weighted by Crippen LogP contribution is -2.39. The third-order valence-corrected chi connectivity index (χ3v) is 7.61. The molecule has 7 nitrogen and oxygen atoms in total. The van der Waals surface area contributed by atoms with Gasteiger partial charge in [0.15, 0.2) is 4.80 Å². The molecule has 3 aromatic rings. The molecule has 1 aliphatic heterocycles. The summed E-state index contributed by atoms with van der Waals surface area (Å²) in [5.41, 5.74) is 1.49. The minimum atomic E-state index is -0.631. The number of thioether (sulfide) groups is 1. The number of hydrogen-bond acceptors (Lipinski definition) is 8. The van der Waals surface area contributed by atoms with Gasteiger partial charge in [-0.3, -0.25) is 9.36 Å². The van der Waals surface area contributed by atoms with Crippen LogP contribution in [-0.4, -0.2) is 37.5 Å². The highest BCUT2D eigenvalue weighted by molar-refractivity contribution is 9.10. The third-order valence-electron chi connectivity index (χ3n) is 5.32. The topological polar surface area (TPSA) is 77.0 Å². The summed E-state index contributed by atoms with van der Waals surface area (Å²) in [5.74, 6) is 0.733. The number of fused-ring (bicyclic) bond motifs is 1. The molecule has 0 saturated heterocycles. The van der Waals surface area contributed by atoms with E-state index in [-0.39, 0.29) is 12.2 Å². The van der Waals surface area contributed by atoms with Crippen molar-refractivity contribution >= 4 is 57.0 Å². The number of nitrogens with zero attached hydrogens (tertiary/aromatic N) is 3. The van der Waals surface area contributed by atoms with E-state index in [4.69, 9.17) is 9.15 Å². The predicted octanol–water partition coefficient (Wildman–Crippen LogP) is 3.94. The molecule has 0 N–H and O–H groups in total. The van der Waals surface area contributed by atoms with Gasteiger partial charge in [0.1, 0.15) is 5.76 Å². The van der Waals surface area contributed by atoms with Gasteiger partial charge >= 0.3 is 5.97 Å². The Balaban J connectivity index is 1.92. The molecule has 10 heteroatoms. The summed E-state index contributed by atoms with van der Waals surface area (Å²) in [6.45, 7) is 3.77. The molecule has 0 unspecified atom stereocenters. The summed E-state index contributed by atoms with van der Waals surface area (Å²) in [5, 5.41) is 0. The number of halogens is 1. The summed E-state index contributed by atoms with van der Waals surface area (Å²) < 4.78 is 14.1. The van der Waals surface area contributed by atoms with E-state index in [9.17, 15) is 9.59 Å². The first kappa shape index (κ1) is 24.6. The quantitative estimate of drug-likeness (QED) is 0.335. The average molecular weight is 563 g/mol. The van der Waals surface area contributed by atoms with Crippen LogP contribution in [-0.2, 0) is 9.53 Å². The molecular weight excluding hydrogens is 538 g/mol. The highest BCUT2D eigenvalue weighted by atomic mass is 79.9. The maximum absolute atomic E-state index is 13.6.